The number of benzene rings is 2. The second-order valence-electron chi connectivity index (χ2n) is 7.05. The first-order valence-corrected chi connectivity index (χ1v) is 10.8. The van der Waals surface area contributed by atoms with Crippen LogP contribution in [0.1, 0.15) is 5.56 Å². The van der Waals surface area contributed by atoms with Gasteiger partial charge in [0.05, 0.1) is 30.7 Å². The number of carbonyl (C=O) groups excluding carboxylic acids is 3. The van der Waals surface area contributed by atoms with Crippen molar-refractivity contribution >= 4 is 40.4 Å². The van der Waals surface area contributed by atoms with E-state index < -0.39 is 17.1 Å². The Kier molecular flexibility index (Phi) is 6.29. The summed E-state index contributed by atoms with van der Waals surface area (Å²) in [6, 6.07) is 9.30. The number of hydrogen-bond donors (Lipinski definition) is 2. The normalized spacial score (nSPS) is 18.2. The molecule has 2 N–H and O–H groups in total. The van der Waals surface area contributed by atoms with E-state index in [4.69, 9.17) is 25.8 Å². The van der Waals surface area contributed by atoms with E-state index in [9.17, 15) is 14.4 Å². The fraction of sp³-hybridized carbons (Fsp3) is 0.227. The van der Waals surface area contributed by atoms with E-state index in [-0.39, 0.29) is 17.6 Å². The Bertz CT molecular complexity index is 1150. The van der Waals surface area contributed by atoms with Gasteiger partial charge in [-0.3, -0.25) is 19.7 Å². The van der Waals surface area contributed by atoms with E-state index in [0.29, 0.717) is 40.5 Å². The van der Waals surface area contributed by atoms with Gasteiger partial charge in [0.15, 0.2) is 0 Å². The van der Waals surface area contributed by atoms with Crippen molar-refractivity contribution in [1.82, 2.24) is 10.6 Å². The molecule has 4 rings (SSSR count). The zero-order valence-electron chi connectivity index (χ0n) is 17.2. The fourth-order valence-electron chi connectivity index (χ4n) is 3.50. The van der Waals surface area contributed by atoms with Gasteiger partial charge in [-0.25, -0.2) is 0 Å². The molecule has 166 valence electrons. The van der Waals surface area contributed by atoms with Crippen molar-refractivity contribution in [2.24, 2.45) is 0 Å². The number of fused-ring (bicyclic) bond motifs is 1. The molecule has 0 spiro atoms. The van der Waals surface area contributed by atoms with Crippen molar-refractivity contribution in [2.75, 3.05) is 20.8 Å². The number of nitrogens with one attached hydrogen (secondary N) is 2. The molecule has 0 aliphatic carbocycles. The highest BCUT2D eigenvalue weighted by atomic mass is 35.5. The number of thioether (sulfide) groups is 1. The maximum Gasteiger partial charge on any atom is 0.290 e. The summed E-state index contributed by atoms with van der Waals surface area (Å²) >= 11 is 7.18. The summed E-state index contributed by atoms with van der Waals surface area (Å²) in [5.74, 6) is 0.895. The Labute approximate surface area is 193 Å². The first kappa shape index (κ1) is 22.0. The van der Waals surface area contributed by atoms with Crippen LogP contribution in [0.4, 0.5) is 4.79 Å². The predicted octanol–water partition coefficient (Wildman–Crippen LogP) is 3.31. The number of halogens is 1. The van der Waals surface area contributed by atoms with Crippen LogP contribution < -0.4 is 24.8 Å². The first-order valence-electron chi connectivity index (χ1n) is 9.62. The SMILES string of the molecule is COc1ccc(OC)c(-c2cc(Cl)c3c(c2)C[C@H](CNC(=O)/C=C2\SC(=O)NC2=O)O3)c1. The topological polar surface area (TPSA) is 103 Å². The number of methoxy groups -OCH3 is 2. The highest BCUT2D eigenvalue weighted by Crippen LogP contribution is 2.42. The lowest BCUT2D eigenvalue weighted by Crippen LogP contribution is -2.33. The van der Waals surface area contributed by atoms with E-state index >= 15 is 0 Å². The molecule has 0 bridgehead atoms. The van der Waals surface area contributed by atoms with Crippen LogP contribution in [0.3, 0.4) is 0 Å². The molecule has 32 heavy (non-hydrogen) atoms. The number of hydrogen-bond acceptors (Lipinski definition) is 7. The molecule has 8 nitrogen and oxygen atoms in total. The minimum atomic E-state index is -0.577. The van der Waals surface area contributed by atoms with Gasteiger partial charge in [-0.1, -0.05) is 11.6 Å². The van der Waals surface area contributed by atoms with Crippen molar-refractivity contribution in [3.05, 3.63) is 51.9 Å². The molecule has 2 aliphatic rings. The Hall–Kier alpha value is -3.17. The van der Waals surface area contributed by atoms with Gasteiger partial charge in [0, 0.05) is 23.6 Å². The fourth-order valence-corrected chi connectivity index (χ4v) is 4.44. The van der Waals surface area contributed by atoms with Crippen LogP contribution in [0.25, 0.3) is 11.1 Å². The van der Waals surface area contributed by atoms with Gasteiger partial charge >= 0.3 is 0 Å². The Balaban J connectivity index is 1.47. The van der Waals surface area contributed by atoms with Crippen LogP contribution in [0.15, 0.2) is 41.3 Å². The quantitative estimate of drug-likeness (QED) is 0.619. The molecule has 3 amide bonds. The number of rotatable bonds is 6. The van der Waals surface area contributed by atoms with E-state index in [1.54, 1.807) is 20.3 Å². The van der Waals surface area contributed by atoms with E-state index in [0.717, 1.165) is 22.8 Å². The summed E-state index contributed by atoms with van der Waals surface area (Å²) in [6.45, 7) is 0.214. The van der Waals surface area contributed by atoms with Gasteiger partial charge in [-0.05, 0) is 47.7 Å². The third kappa shape index (κ3) is 4.53. The lowest BCUT2D eigenvalue weighted by Gasteiger charge is -2.13. The monoisotopic (exact) mass is 474 g/mol. The van der Waals surface area contributed by atoms with Crippen molar-refractivity contribution in [2.45, 2.75) is 12.5 Å². The Morgan fingerprint density at radius 2 is 2.09 bits per heavy atom. The molecular weight excluding hydrogens is 456 g/mol. The Morgan fingerprint density at radius 3 is 2.78 bits per heavy atom. The minimum Gasteiger partial charge on any atom is -0.497 e. The summed E-state index contributed by atoms with van der Waals surface area (Å²) in [5, 5.41) is 4.75. The van der Waals surface area contributed by atoms with Gasteiger partial charge in [-0.15, -0.1) is 0 Å². The second kappa shape index (κ2) is 9.13. The summed E-state index contributed by atoms with van der Waals surface area (Å²) in [4.78, 5) is 34.9. The summed E-state index contributed by atoms with van der Waals surface area (Å²) in [5.41, 5.74) is 2.60. The van der Waals surface area contributed by atoms with Crippen molar-refractivity contribution in [1.29, 1.82) is 0 Å². The molecule has 10 heteroatoms. The maximum absolute atomic E-state index is 12.1. The standard InChI is InChI=1S/C22H19ClN2O6S/c1-29-13-3-4-17(30-2)15(8-13)11-5-12-6-14(31-20(12)16(23)7-11)10-24-19(26)9-18-21(27)25-22(28)32-18/h3-5,7-9,14H,6,10H2,1-2H3,(H,24,26)(H,25,27,28)/b18-9-/t14-/m1/s1. The molecule has 2 aromatic carbocycles. The molecule has 1 saturated heterocycles. The summed E-state index contributed by atoms with van der Waals surface area (Å²) in [7, 11) is 3.20. The van der Waals surface area contributed by atoms with E-state index in [1.165, 1.54) is 0 Å². The smallest absolute Gasteiger partial charge is 0.290 e. The minimum absolute atomic E-state index is 0.0584. The second-order valence-corrected chi connectivity index (χ2v) is 8.48. The van der Waals surface area contributed by atoms with Gasteiger partial charge < -0.3 is 19.5 Å². The van der Waals surface area contributed by atoms with E-state index in [2.05, 4.69) is 10.6 Å². The molecule has 2 aliphatic heterocycles. The molecule has 1 fully saturated rings. The molecule has 0 unspecified atom stereocenters. The van der Waals surface area contributed by atoms with Gasteiger partial charge in [0.25, 0.3) is 11.1 Å². The highest BCUT2D eigenvalue weighted by Gasteiger charge is 2.28. The van der Waals surface area contributed by atoms with Crippen LogP contribution in [0.2, 0.25) is 5.02 Å². The van der Waals surface area contributed by atoms with Gasteiger partial charge in [0.2, 0.25) is 5.91 Å². The third-order valence-electron chi connectivity index (χ3n) is 4.98. The molecular formula is C22H19ClN2O6S. The lowest BCUT2D eigenvalue weighted by atomic mass is 9.99. The van der Waals surface area contributed by atoms with Gasteiger partial charge in [0.1, 0.15) is 23.4 Å². The highest BCUT2D eigenvalue weighted by molar-refractivity contribution is 8.18. The molecule has 1 atom stereocenters. The average molecular weight is 475 g/mol. The lowest BCUT2D eigenvalue weighted by molar-refractivity contribution is -0.118. The van der Waals surface area contributed by atoms with Crippen LogP contribution in [0.5, 0.6) is 17.2 Å². The van der Waals surface area contributed by atoms with Crippen LogP contribution in [0, 0.1) is 0 Å². The maximum atomic E-state index is 12.1. The van der Waals surface area contributed by atoms with Crippen LogP contribution in [-0.4, -0.2) is 43.9 Å². The zero-order chi connectivity index (χ0) is 22.8. The average Bonchev–Trinajstić information content (AvgIpc) is 3.33. The molecule has 0 saturated carbocycles. The van der Waals surface area contributed by atoms with Crippen LogP contribution in [-0.2, 0) is 16.0 Å². The number of ether oxygens (including phenoxy) is 3. The van der Waals surface area contributed by atoms with Crippen LogP contribution >= 0.6 is 23.4 Å². The molecule has 2 heterocycles. The van der Waals surface area contributed by atoms with Gasteiger partial charge in [-0.2, -0.15) is 0 Å². The van der Waals surface area contributed by atoms with E-state index in [1.807, 2.05) is 24.3 Å². The van der Waals surface area contributed by atoms with Crippen molar-refractivity contribution in [3.63, 3.8) is 0 Å². The first-order chi connectivity index (χ1) is 15.4. The zero-order valence-corrected chi connectivity index (χ0v) is 18.8. The molecule has 0 aromatic heterocycles. The number of imide groups is 1. The third-order valence-corrected chi connectivity index (χ3v) is 6.07. The van der Waals surface area contributed by atoms with Crippen molar-refractivity contribution in [3.8, 4) is 28.4 Å². The molecule has 0 radical (unpaired) electrons. The predicted molar refractivity (Wildman–Crippen MR) is 120 cm³/mol. The number of amides is 3. The molecule has 2 aromatic rings. The number of carbonyl (C=O) groups is 3. The largest absolute Gasteiger partial charge is 0.497 e. The summed E-state index contributed by atoms with van der Waals surface area (Å²) in [6.07, 6.45) is 1.33. The van der Waals surface area contributed by atoms with Crippen molar-refractivity contribution < 1.29 is 28.6 Å². The Morgan fingerprint density at radius 1 is 1.28 bits per heavy atom. The summed E-state index contributed by atoms with van der Waals surface area (Å²) < 4.78 is 16.7.